The van der Waals surface area contributed by atoms with Crippen molar-refractivity contribution < 1.29 is 18.8 Å². The number of halogens is 1. The summed E-state index contributed by atoms with van der Waals surface area (Å²) in [4.78, 5) is 37.2. The van der Waals surface area contributed by atoms with Crippen LogP contribution in [0.4, 0.5) is 9.18 Å². The van der Waals surface area contributed by atoms with E-state index in [1.54, 1.807) is 19.1 Å². The third-order valence-electron chi connectivity index (χ3n) is 4.38. The number of carbonyl (C=O) groups is 3. The molecule has 0 bridgehead atoms. The number of amides is 4. The first-order valence-corrected chi connectivity index (χ1v) is 7.55. The molecular weight excluding hydrogens is 301 g/mol. The fourth-order valence-electron chi connectivity index (χ4n) is 2.84. The molecule has 1 atom stereocenters. The van der Waals surface area contributed by atoms with Crippen molar-refractivity contribution >= 4 is 17.8 Å². The van der Waals surface area contributed by atoms with E-state index in [1.807, 2.05) is 0 Å². The van der Waals surface area contributed by atoms with Crippen molar-refractivity contribution in [3.05, 3.63) is 35.6 Å². The maximum absolute atomic E-state index is 13.1. The molecule has 2 aliphatic rings. The van der Waals surface area contributed by atoms with Crippen LogP contribution in [0.3, 0.4) is 0 Å². The van der Waals surface area contributed by atoms with E-state index in [9.17, 15) is 18.8 Å². The van der Waals surface area contributed by atoms with Gasteiger partial charge in [0.2, 0.25) is 5.91 Å². The Kier molecular flexibility index (Phi) is 3.79. The van der Waals surface area contributed by atoms with E-state index in [0.29, 0.717) is 5.56 Å². The summed E-state index contributed by atoms with van der Waals surface area (Å²) in [5.74, 6) is -1.05. The Morgan fingerprint density at radius 3 is 2.83 bits per heavy atom. The Labute approximate surface area is 133 Å². The van der Waals surface area contributed by atoms with Gasteiger partial charge >= 0.3 is 6.03 Å². The van der Waals surface area contributed by atoms with Gasteiger partial charge in [0.15, 0.2) is 0 Å². The molecule has 1 heterocycles. The number of rotatable bonds is 5. The Hall–Kier alpha value is -2.44. The molecule has 7 heteroatoms. The van der Waals surface area contributed by atoms with Crippen LogP contribution < -0.4 is 10.6 Å². The summed E-state index contributed by atoms with van der Waals surface area (Å²) in [7, 11) is 0. The van der Waals surface area contributed by atoms with Gasteiger partial charge in [-0.2, -0.15) is 0 Å². The molecule has 23 heavy (non-hydrogen) atoms. The zero-order valence-corrected chi connectivity index (χ0v) is 12.8. The highest BCUT2D eigenvalue weighted by atomic mass is 19.1. The van der Waals surface area contributed by atoms with Gasteiger partial charge in [0.05, 0.1) is 0 Å². The lowest BCUT2D eigenvalue weighted by Crippen LogP contribution is -2.46. The molecule has 1 unspecified atom stereocenters. The Bertz CT molecular complexity index is 674. The quantitative estimate of drug-likeness (QED) is 0.800. The summed E-state index contributed by atoms with van der Waals surface area (Å²) in [6, 6.07) is 5.33. The van der Waals surface area contributed by atoms with Gasteiger partial charge in [-0.25, -0.2) is 9.18 Å². The number of imide groups is 1. The first-order valence-electron chi connectivity index (χ1n) is 7.55. The predicted octanol–water partition coefficient (Wildman–Crippen LogP) is 1.16. The molecule has 6 nitrogen and oxygen atoms in total. The summed E-state index contributed by atoms with van der Waals surface area (Å²) >= 11 is 0. The van der Waals surface area contributed by atoms with Gasteiger partial charge in [-0.1, -0.05) is 12.1 Å². The highest BCUT2D eigenvalue weighted by Crippen LogP contribution is 2.42. The largest absolute Gasteiger partial charge is 0.350 e. The van der Waals surface area contributed by atoms with E-state index in [-0.39, 0.29) is 30.7 Å². The van der Waals surface area contributed by atoms with Gasteiger partial charge in [0.1, 0.15) is 17.9 Å². The van der Waals surface area contributed by atoms with Gasteiger partial charge in [-0.15, -0.1) is 0 Å². The topological polar surface area (TPSA) is 78.5 Å². The highest BCUT2D eigenvalue weighted by Gasteiger charge is 2.56. The van der Waals surface area contributed by atoms with Crippen molar-refractivity contribution in [2.24, 2.45) is 5.92 Å². The normalized spacial score (nSPS) is 23.8. The minimum atomic E-state index is -0.889. The van der Waals surface area contributed by atoms with Crippen LogP contribution in [0.25, 0.3) is 0 Å². The summed E-state index contributed by atoms with van der Waals surface area (Å²) in [5.41, 5.74) is -0.279. The monoisotopic (exact) mass is 319 g/mol. The van der Waals surface area contributed by atoms with Crippen molar-refractivity contribution in [1.82, 2.24) is 15.5 Å². The number of hydrogen-bond donors (Lipinski definition) is 2. The molecule has 0 radical (unpaired) electrons. The van der Waals surface area contributed by atoms with Crippen LogP contribution in [0.5, 0.6) is 0 Å². The molecule has 2 N–H and O–H groups in total. The number of nitrogens with zero attached hydrogens (tertiary/aromatic N) is 1. The van der Waals surface area contributed by atoms with Crippen molar-refractivity contribution in [3.8, 4) is 0 Å². The molecule has 1 aliphatic carbocycles. The summed E-state index contributed by atoms with van der Waals surface area (Å²) in [6.45, 7) is 1.51. The van der Waals surface area contributed by atoms with Crippen LogP contribution in [-0.4, -0.2) is 34.8 Å². The van der Waals surface area contributed by atoms with Crippen molar-refractivity contribution in [2.45, 2.75) is 31.8 Å². The first kappa shape index (κ1) is 15.5. The lowest BCUT2D eigenvalue weighted by Gasteiger charge is -2.20. The minimum Gasteiger partial charge on any atom is -0.350 e. The fraction of sp³-hybridized carbons (Fsp3) is 0.438. The third kappa shape index (κ3) is 3.04. The average molecular weight is 319 g/mol. The second kappa shape index (κ2) is 5.64. The van der Waals surface area contributed by atoms with Crippen molar-refractivity contribution in [3.63, 3.8) is 0 Å². The first-order chi connectivity index (χ1) is 10.9. The number of urea groups is 1. The number of nitrogens with one attached hydrogen (secondary N) is 2. The predicted molar refractivity (Wildman–Crippen MR) is 79.6 cm³/mol. The maximum Gasteiger partial charge on any atom is 0.325 e. The molecule has 4 amide bonds. The molecule has 1 aliphatic heterocycles. The van der Waals surface area contributed by atoms with Crippen LogP contribution in [0.15, 0.2) is 24.3 Å². The number of hydrogen-bond acceptors (Lipinski definition) is 3. The second-order valence-corrected chi connectivity index (χ2v) is 6.20. The van der Waals surface area contributed by atoms with E-state index in [1.165, 1.54) is 12.1 Å². The van der Waals surface area contributed by atoms with Crippen LogP contribution in [-0.2, 0) is 16.1 Å². The SMILES string of the molecule is CC1(C2CC2)NC(=O)N(CC(=O)NCc2cccc(F)c2)C1=O. The van der Waals surface area contributed by atoms with E-state index >= 15 is 0 Å². The van der Waals surface area contributed by atoms with E-state index in [4.69, 9.17) is 0 Å². The standard InChI is InChI=1S/C16H18FN3O3/c1-16(11-5-6-11)14(22)20(15(23)19-16)9-13(21)18-8-10-3-2-4-12(17)7-10/h2-4,7,11H,5-6,8-9H2,1H3,(H,18,21)(H,19,23). The van der Waals surface area contributed by atoms with E-state index in [0.717, 1.165) is 17.7 Å². The molecule has 0 aromatic heterocycles. The summed E-state index contributed by atoms with van der Waals surface area (Å²) < 4.78 is 13.1. The minimum absolute atomic E-state index is 0.139. The molecular formula is C16H18FN3O3. The molecule has 122 valence electrons. The van der Waals surface area contributed by atoms with Crippen LogP contribution >= 0.6 is 0 Å². The molecule has 1 aromatic carbocycles. The maximum atomic E-state index is 13.1. The summed E-state index contributed by atoms with van der Waals surface area (Å²) in [6.07, 6.45) is 1.81. The van der Waals surface area contributed by atoms with Crippen LogP contribution in [0.1, 0.15) is 25.3 Å². The lowest BCUT2D eigenvalue weighted by molar-refractivity contribution is -0.135. The fourth-order valence-corrected chi connectivity index (χ4v) is 2.84. The third-order valence-corrected chi connectivity index (χ3v) is 4.38. The molecule has 0 spiro atoms. The molecule has 2 fully saturated rings. The smallest absolute Gasteiger partial charge is 0.325 e. The Morgan fingerprint density at radius 2 is 2.17 bits per heavy atom. The lowest BCUT2D eigenvalue weighted by atomic mass is 9.96. The van der Waals surface area contributed by atoms with E-state index < -0.39 is 17.5 Å². The number of benzene rings is 1. The van der Waals surface area contributed by atoms with Gasteiger partial charge in [-0.3, -0.25) is 14.5 Å². The molecule has 1 saturated carbocycles. The average Bonchev–Trinajstić information content (AvgIpc) is 3.32. The van der Waals surface area contributed by atoms with Crippen LogP contribution in [0.2, 0.25) is 0 Å². The highest BCUT2D eigenvalue weighted by molar-refractivity contribution is 6.09. The molecule has 1 aromatic rings. The van der Waals surface area contributed by atoms with Gasteiger partial charge in [0.25, 0.3) is 5.91 Å². The Balaban J connectivity index is 1.57. The molecule has 3 rings (SSSR count). The zero-order valence-electron chi connectivity index (χ0n) is 12.8. The second-order valence-electron chi connectivity index (χ2n) is 6.20. The van der Waals surface area contributed by atoms with Gasteiger partial charge in [0, 0.05) is 6.54 Å². The molecule has 1 saturated heterocycles. The van der Waals surface area contributed by atoms with Crippen LogP contribution in [0, 0.1) is 11.7 Å². The number of carbonyl (C=O) groups excluding carboxylic acids is 3. The van der Waals surface area contributed by atoms with Gasteiger partial charge in [-0.05, 0) is 43.4 Å². The zero-order chi connectivity index (χ0) is 16.6. The van der Waals surface area contributed by atoms with Crippen molar-refractivity contribution in [1.29, 1.82) is 0 Å². The summed E-state index contributed by atoms with van der Waals surface area (Å²) in [5, 5.41) is 5.27. The van der Waals surface area contributed by atoms with E-state index in [2.05, 4.69) is 10.6 Å². The van der Waals surface area contributed by atoms with Crippen molar-refractivity contribution in [2.75, 3.05) is 6.54 Å². The Morgan fingerprint density at radius 1 is 1.43 bits per heavy atom. The van der Waals surface area contributed by atoms with Gasteiger partial charge < -0.3 is 10.6 Å².